The molecule has 5 nitrogen and oxygen atoms in total. The lowest BCUT2D eigenvalue weighted by Crippen LogP contribution is -2.26. The Bertz CT molecular complexity index is 1020. The number of nitrogens with one attached hydrogen (secondary N) is 1. The van der Waals surface area contributed by atoms with Crippen molar-refractivity contribution in [3.63, 3.8) is 0 Å². The van der Waals surface area contributed by atoms with Crippen molar-refractivity contribution in [1.29, 1.82) is 0 Å². The zero-order chi connectivity index (χ0) is 17.8. The van der Waals surface area contributed by atoms with Crippen molar-refractivity contribution in [2.24, 2.45) is 0 Å². The van der Waals surface area contributed by atoms with Gasteiger partial charge in [-0.05, 0) is 35.4 Å². The number of aromatic nitrogens is 3. The minimum atomic E-state index is -0.0848. The average Bonchev–Trinajstić information content (AvgIpc) is 3.12. The number of amides is 1. The largest absolute Gasteiger partial charge is 0.352 e. The van der Waals surface area contributed by atoms with Crippen LogP contribution < -0.4 is 5.32 Å². The molecule has 4 rings (SSSR count). The third kappa shape index (κ3) is 3.32. The molecule has 4 aromatic rings. The van der Waals surface area contributed by atoms with Gasteiger partial charge < -0.3 is 5.32 Å². The van der Waals surface area contributed by atoms with Crippen molar-refractivity contribution < 1.29 is 4.79 Å². The maximum absolute atomic E-state index is 12.3. The molecule has 1 N–H and O–H groups in total. The van der Waals surface area contributed by atoms with Gasteiger partial charge in [-0.3, -0.25) is 9.20 Å². The lowest BCUT2D eigenvalue weighted by molar-refractivity contribution is 0.0954. The monoisotopic (exact) mass is 342 g/mol. The average molecular weight is 342 g/mol. The molecule has 0 atom stereocenters. The first kappa shape index (κ1) is 16.0. The summed E-state index contributed by atoms with van der Waals surface area (Å²) in [5.74, 6) is 0.749. The first-order valence-electron chi connectivity index (χ1n) is 8.53. The van der Waals surface area contributed by atoms with E-state index in [-0.39, 0.29) is 5.91 Å². The van der Waals surface area contributed by atoms with Gasteiger partial charge in [-0.2, -0.15) is 0 Å². The Balaban J connectivity index is 1.37. The number of carbonyl (C=O) groups is 1. The highest BCUT2D eigenvalue weighted by Gasteiger charge is 2.08. The van der Waals surface area contributed by atoms with Gasteiger partial charge in [-0.25, -0.2) is 0 Å². The van der Waals surface area contributed by atoms with Crippen LogP contribution in [0.5, 0.6) is 0 Å². The van der Waals surface area contributed by atoms with Gasteiger partial charge in [-0.1, -0.05) is 48.5 Å². The third-order valence-electron chi connectivity index (χ3n) is 4.27. The summed E-state index contributed by atoms with van der Waals surface area (Å²) in [4.78, 5) is 12.3. The predicted molar refractivity (Wildman–Crippen MR) is 101 cm³/mol. The highest BCUT2D eigenvalue weighted by atomic mass is 16.1. The van der Waals surface area contributed by atoms with Crippen LogP contribution in [0.15, 0.2) is 79.0 Å². The number of pyridine rings is 1. The molecule has 1 amide bonds. The van der Waals surface area contributed by atoms with Gasteiger partial charge in [0.2, 0.25) is 0 Å². The molecule has 128 valence electrons. The van der Waals surface area contributed by atoms with Crippen molar-refractivity contribution in [3.8, 4) is 11.1 Å². The summed E-state index contributed by atoms with van der Waals surface area (Å²) in [5.41, 5.74) is 3.69. The Kier molecular flexibility index (Phi) is 4.43. The molecule has 0 aliphatic rings. The van der Waals surface area contributed by atoms with Gasteiger partial charge in [0.05, 0.1) is 0 Å². The van der Waals surface area contributed by atoms with E-state index in [0.717, 1.165) is 22.6 Å². The van der Waals surface area contributed by atoms with E-state index in [0.29, 0.717) is 18.5 Å². The van der Waals surface area contributed by atoms with Gasteiger partial charge in [0.15, 0.2) is 5.65 Å². The summed E-state index contributed by atoms with van der Waals surface area (Å²) in [5, 5.41) is 11.2. The van der Waals surface area contributed by atoms with E-state index >= 15 is 0 Å². The molecule has 0 fully saturated rings. The van der Waals surface area contributed by atoms with Crippen LogP contribution >= 0.6 is 0 Å². The first-order valence-corrected chi connectivity index (χ1v) is 8.53. The third-order valence-corrected chi connectivity index (χ3v) is 4.27. The maximum atomic E-state index is 12.3. The zero-order valence-corrected chi connectivity index (χ0v) is 14.2. The molecule has 2 aromatic carbocycles. The fourth-order valence-corrected chi connectivity index (χ4v) is 2.90. The molecule has 0 saturated heterocycles. The van der Waals surface area contributed by atoms with Crippen molar-refractivity contribution >= 4 is 11.6 Å². The molecule has 0 saturated carbocycles. The van der Waals surface area contributed by atoms with E-state index in [1.54, 1.807) is 0 Å². The van der Waals surface area contributed by atoms with Crippen LogP contribution in [0.25, 0.3) is 16.8 Å². The van der Waals surface area contributed by atoms with Crippen molar-refractivity contribution in [2.75, 3.05) is 6.54 Å². The number of fused-ring (bicyclic) bond motifs is 1. The summed E-state index contributed by atoms with van der Waals surface area (Å²) < 4.78 is 1.93. The summed E-state index contributed by atoms with van der Waals surface area (Å²) in [7, 11) is 0. The SMILES string of the molecule is O=C(NCCc1nnc2ccccn12)c1ccc(-c2ccccc2)cc1. The van der Waals surface area contributed by atoms with Crippen molar-refractivity contribution in [2.45, 2.75) is 6.42 Å². The van der Waals surface area contributed by atoms with Crippen LogP contribution in [0.2, 0.25) is 0 Å². The van der Waals surface area contributed by atoms with Crippen LogP contribution in [-0.2, 0) is 6.42 Å². The quantitative estimate of drug-likeness (QED) is 0.605. The number of hydrogen-bond acceptors (Lipinski definition) is 3. The zero-order valence-electron chi connectivity index (χ0n) is 14.2. The molecule has 0 unspecified atom stereocenters. The Morgan fingerprint density at radius 1 is 0.846 bits per heavy atom. The number of nitrogens with zero attached hydrogens (tertiary/aromatic N) is 3. The van der Waals surface area contributed by atoms with Gasteiger partial charge >= 0.3 is 0 Å². The van der Waals surface area contributed by atoms with E-state index in [9.17, 15) is 4.79 Å². The topological polar surface area (TPSA) is 59.3 Å². The van der Waals surface area contributed by atoms with Crippen LogP contribution in [0, 0.1) is 0 Å². The van der Waals surface area contributed by atoms with E-state index < -0.39 is 0 Å². The summed E-state index contributed by atoms with van der Waals surface area (Å²) in [6.45, 7) is 0.509. The highest BCUT2D eigenvalue weighted by molar-refractivity contribution is 5.94. The molecule has 0 radical (unpaired) electrons. The summed E-state index contributed by atoms with van der Waals surface area (Å²) >= 11 is 0. The molecular weight excluding hydrogens is 324 g/mol. The highest BCUT2D eigenvalue weighted by Crippen LogP contribution is 2.19. The lowest BCUT2D eigenvalue weighted by Gasteiger charge is -2.06. The molecule has 0 aliphatic carbocycles. The number of rotatable bonds is 5. The molecule has 2 aromatic heterocycles. The van der Waals surface area contributed by atoms with Crippen LogP contribution in [0.3, 0.4) is 0 Å². The molecule has 0 aliphatic heterocycles. The normalized spacial score (nSPS) is 10.8. The standard InChI is InChI=1S/C21H18N4O/c26-21(18-11-9-17(10-12-18)16-6-2-1-3-7-16)22-14-13-20-24-23-19-8-4-5-15-25(19)20/h1-12,15H,13-14H2,(H,22,26). The molecule has 0 bridgehead atoms. The van der Waals surface area contributed by atoms with E-state index in [4.69, 9.17) is 0 Å². The molecule has 0 spiro atoms. The molecule has 5 heteroatoms. The van der Waals surface area contributed by atoms with Crippen molar-refractivity contribution in [1.82, 2.24) is 19.9 Å². The van der Waals surface area contributed by atoms with Crippen LogP contribution in [0.1, 0.15) is 16.2 Å². The minimum Gasteiger partial charge on any atom is -0.352 e. The minimum absolute atomic E-state index is 0.0848. The smallest absolute Gasteiger partial charge is 0.251 e. The van der Waals surface area contributed by atoms with Crippen molar-refractivity contribution in [3.05, 3.63) is 90.4 Å². The number of carbonyl (C=O) groups excluding carboxylic acids is 1. The second kappa shape index (κ2) is 7.19. The van der Waals surface area contributed by atoms with Crippen LogP contribution in [0.4, 0.5) is 0 Å². The van der Waals surface area contributed by atoms with E-state index in [1.165, 1.54) is 0 Å². The summed E-state index contributed by atoms with van der Waals surface area (Å²) in [6.07, 6.45) is 2.55. The van der Waals surface area contributed by atoms with Gasteiger partial charge in [-0.15, -0.1) is 10.2 Å². The number of benzene rings is 2. The predicted octanol–water partition coefficient (Wildman–Crippen LogP) is 3.37. The summed E-state index contributed by atoms with van der Waals surface area (Å²) in [6, 6.07) is 23.5. The van der Waals surface area contributed by atoms with Crippen LogP contribution in [-0.4, -0.2) is 27.0 Å². The van der Waals surface area contributed by atoms with E-state index in [2.05, 4.69) is 27.6 Å². The Hall–Kier alpha value is -3.47. The number of hydrogen-bond donors (Lipinski definition) is 1. The second-order valence-corrected chi connectivity index (χ2v) is 5.99. The van der Waals surface area contributed by atoms with Gasteiger partial charge in [0.1, 0.15) is 5.82 Å². The molecule has 26 heavy (non-hydrogen) atoms. The van der Waals surface area contributed by atoms with E-state index in [1.807, 2.05) is 71.3 Å². The Morgan fingerprint density at radius 3 is 2.38 bits per heavy atom. The first-order chi connectivity index (χ1) is 12.8. The fourth-order valence-electron chi connectivity index (χ4n) is 2.90. The molecular formula is C21H18N4O. The Morgan fingerprint density at radius 2 is 1.58 bits per heavy atom. The lowest BCUT2D eigenvalue weighted by atomic mass is 10.0. The molecule has 2 heterocycles. The maximum Gasteiger partial charge on any atom is 0.251 e. The van der Waals surface area contributed by atoms with Gasteiger partial charge in [0.25, 0.3) is 5.91 Å². The Labute approximate surface area is 151 Å². The van der Waals surface area contributed by atoms with Gasteiger partial charge in [0, 0.05) is 24.7 Å². The fraction of sp³-hybridized carbons (Fsp3) is 0.0952. The second-order valence-electron chi connectivity index (χ2n) is 5.99.